The third-order valence-corrected chi connectivity index (χ3v) is 5.23. The first-order chi connectivity index (χ1) is 11.5. The van der Waals surface area contributed by atoms with Gasteiger partial charge in [-0.15, -0.1) is 0 Å². The van der Waals surface area contributed by atoms with E-state index in [0.29, 0.717) is 25.2 Å². The van der Waals surface area contributed by atoms with Gasteiger partial charge < -0.3 is 14.5 Å². The molecule has 126 valence electrons. The molecule has 0 spiro atoms. The molecule has 4 rings (SSSR count). The van der Waals surface area contributed by atoms with Gasteiger partial charge >= 0.3 is 0 Å². The van der Waals surface area contributed by atoms with Gasteiger partial charge in [-0.3, -0.25) is 9.59 Å². The fourth-order valence-electron chi connectivity index (χ4n) is 4.07. The number of imidazole rings is 1. The zero-order valence-corrected chi connectivity index (χ0v) is 14.0. The number of fused-ring (bicyclic) bond motifs is 3. The van der Waals surface area contributed by atoms with Crippen LogP contribution in [-0.4, -0.2) is 42.4 Å². The molecule has 4 heterocycles. The van der Waals surface area contributed by atoms with Gasteiger partial charge in [0.1, 0.15) is 18.2 Å². The predicted molar refractivity (Wildman–Crippen MR) is 87.6 cm³/mol. The lowest BCUT2D eigenvalue weighted by molar-refractivity contribution is -0.134. The maximum absolute atomic E-state index is 12.9. The standard InChI is InChI=1S/C17H21N5O2/c1-10-19-15-8-13-4-3-12(7-14(15)17(24)20-10)22(13)16(23)9-21-6-5-18-11(21)2/h5-6,12-13H,3-4,7-9H2,1-2H3,(H,19,20,24)/t12-,13+/m1/s1. The van der Waals surface area contributed by atoms with Gasteiger partial charge in [0.25, 0.3) is 5.56 Å². The van der Waals surface area contributed by atoms with Crippen molar-refractivity contribution in [2.24, 2.45) is 0 Å². The van der Waals surface area contributed by atoms with Gasteiger partial charge in [0, 0.05) is 42.9 Å². The number of rotatable bonds is 2. The summed E-state index contributed by atoms with van der Waals surface area (Å²) >= 11 is 0. The van der Waals surface area contributed by atoms with Gasteiger partial charge in [-0.25, -0.2) is 9.97 Å². The summed E-state index contributed by atoms with van der Waals surface area (Å²) in [5.74, 6) is 1.58. The second-order valence-electron chi connectivity index (χ2n) is 6.77. The highest BCUT2D eigenvalue weighted by molar-refractivity contribution is 5.77. The highest BCUT2D eigenvalue weighted by Crippen LogP contribution is 2.32. The molecule has 1 fully saturated rings. The van der Waals surface area contributed by atoms with E-state index < -0.39 is 0 Å². The molecule has 1 saturated heterocycles. The van der Waals surface area contributed by atoms with Gasteiger partial charge in [0.05, 0.1) is 5.69 Å². The zero-order valence-electron chi connectivity index (χ0n) is 14.0. The van der Waals surface area contributed by atoms with Crippen LogP contribution in [0.4, 0.5) is 0 Å². The Labute approximate surface area is 139 Å². The Morgan fingerprint density at radius 2 is 2.04 bits per heavy atom. The number of nitrogens with one attached hydrogen (secondary N) is 1. The topological polar surface area (TPSA) is 83.9 Å². The van der Waals surface area contributed by atoms with Crippen LogP contribution in [0, 0.1) is 13.8 Å². The van der Waals surface area contributed by atoms with Crippen LogP contribution in [0.3, 0.4) is 0 Å². The van der Waals surface area contributed by atoms with Crippen LogP contribution < -0.4 is 5.56 Å². The largest absolute Gasteiger partial charge is 0.334 e. The van der Waals surface area contributed by atoms with Crippen molar-refractivity contribution in [2.75, 3.05) is 0 Å². The van der Waals surface area contributed by atoms with Crippen molar-refractivity contribution in [2.45, 2.75) is 58.2 Å². The number of H-pyrrole nitrogens is 1. The Morgan fingerprint density at radius 3 is 2.75 bits per heavy atom. The van der Waals surface area contributed by atoms with Crippen LogP contribution in [0.15, 0.2) is 17.2 Å². The number of hydrogen-bond acceptors (Lipinski definition) is 4. The highest BCUT2D eigenvalue weighted by Gasteiger charge is 2.40. The molecular weight excluding hydrogens is 306 g/mol. The van der Waals surface area contributed by atoms with E-state index in [9.17, 15) is 9.59 Å². The molecule has 0 unspecified atom stereocenters. The molecule has 2 aliphatic rings. The van der Waals surface area contributed by atoms with Gasteiger partial charge in [-0.2, -0.15) is 0 Å². The number of carbonyl (C=O) groups excluding carboxylic acids is 1. The average molecular weight is 327 g/mol. The summed E-state index contributed by atoms with van der Waals surface area (Å²) < 4.78 is 1.87. The Morgan fingerprint density at radius 1 is 1.29 bits per heavy atom. The van der Waals surface area contributed by atoms with Crippen LogP contribution in [-0.2, 0) is 24.2 Å². The maximum Gasteiger partial charge on any atom is 0.254 e. The summed E-state index contributed by atoms with van der Waals surface area (Å²) in [7, 11) is 0. The van der Waals surface area contributed by atoms with Crippen LogP contribution in [0.2, 0.25) is 0 Å². The summed E-state index contributed by atoms with van der Waals surface area (Å²) in [6.07, 6.45) is 6.74. The fourth-order valence-corrected chi connectivity index (χ4v) is 4.07. The summed E-state index contributed by atoms with van der Waals surface area (Å²) in [6.45, 7) is 4.00. The molecule has 24 heavy (non-hydrogen) atoms. The number of nitrogens with zero attached hydrogens (tertiary/aromatic N) is 4. The fraction of sp³-hybridized carbons (Fsp3) is 0.529. The van der Waals surface area contributed by atoms with Crippen LogP contribution >= 0.6 is 0 Å². The highest BCUT2D eigenvalue weighted by atomic mass is 16.2. The minimum Gasteiger partial charge on any atom is -0.334 e. The second kappa shape index (κ2) is 5.58. The van der Waals surface area contributed by atoms with Crippen molar-refractivity contribution in [3.8, 4) is 0 Å². The molecule has 2 atom stereocenters. The second-order valence-corrected chi connectivity index (χ2v) is 6.77. The Hall–Kier alpha value is -2.44. The minimum absolute atomic E-state index is 0.0529. The number of aryl methyl sites for hydroxylation is 2. The predicted octanol–water partition coefficient (Wildman–Crippen LogP) is 0.742. The number of hydrogen-bond donors (Lipinski definition) is 1. The number of aromatic nitrogens is 4. The van der Waals surface area contributed by atoms with E-state index in [1.54, 1.807) is 13.1 Å². The Kier molecular flexibility index (Phi) is 3.51. The van der Waals surface area contributed by atoms with Gasteiger partial charge in [0.2, 0.25) is 5.91 Å². The van der Waals surface area contributed by atoms with E-state index in [-0.39, 0.29) is 23.6 Å². The first-order valence-corrected chi connectivity index (χ1v) is 8.40. The first-order valence-electron chi connectivity index (χ1n) is 8.40. The van der Waals surface area contributed by atoms with Crippen molar-refractivity contribution >= 4 is 5.91 Å². The molecule has 7 nitrogen and oxygen atoms in total. The SMILES string of the molecule is Cc1nc2c(c(=O)[nH]1)C[C@H]1CC[C@@H](C2)N1C(=O)Cn1ccnc1C. The monoisotopic (exact) mass is 327 g/mol. The van der Waals surface area contributed by atoms with Crippen LogP contribution in [0.25, 0.3) is 0 Å². The molecule has 2 aliphatic heterocycles. The molecule has 2 bridgehead atoms. The van der Waals surface area contributed by atoms with E-state index in [0.717, 1.165) is 29.9 Å². The summed E-state index contributed by atoms with van der Waals surface area (Å²) in [4.78, 5) is 38.7. The lowest BCUT2D eigenvalue weighted by Gasteiger charge is -2.28. The number of aromatic amines is 1. The minimum atomic E-state index is -0.0529. The summed E-state index contributed by atoms with van der Waals surface area (Å²) in [5, 5.41) is 0. The molecule has 1 amide bonds. The van der Waals surface area contributed by atoms with Gasteiger partial charge in [-0.05, 0) is 26.7 Å². The van der Waals surface area contributed by atoms with Crippen molar-refractivity contribution < 1.29 is 4.79 Å². The lowest BCUT2D eigenvalue weighted by atomic mass is 9.98. The molecule has 1 N–H and O–H groups in total. The third kappa shape index (κ3) is 2.44. The molecule has 0 aliphatic carbocycles. The third-order valence-electron chi connectivity index (χ3n) is 5.23. The normalized spacial score (nSPS) is 22.3. The summed E-state index contributed by atoms with van der Waals surface area (Å²) in [5.41, 5.74) is 1.56. The van der Waals surface area contributed by atoms with E-state index in [1.807, 2.05) is 22.6 Å². The van der Waals surface area contributed by atoms with Crippen molar-refractivity contribution in [3.63, 3.8) is 0 Å². The number of amides is 1. The Balaban J connectivity index is 1.63. The molecule has 0 radical (unpaired) electrons. The molecule has 0 aromatic carbocycles. The average Bonchev–Trinajstić information content (AvgIpc) is 3.03. The zero-order chi connectivity index (χ0) is 16.8. The van der Waals surface area contributed by atoms with Crippen molar-refractivity contribution in [1.82, 2.24) is 24.4 Å². The molecule has 7 heteroatoms. The van der Waals surface area contributed by atoms with Crippen LogP contribution in [0.5, 0.6) is 0 Å². The summed E-state index contributed by atoms with van der Waals surface area (Å²) in [6, 6.07) is 0.236. The van der Waals surface area contributed by atoms with Crippen molar-refractivity contribution in [3.05, 3.63) is 45.7 Å². The molecule has 2 aromatic rings. The van der Waals surface area contributed by atoms with Gasteiger partial charge in [-0.1, -0.05) is 0 Å². The van der Waals surface area contributed by atoms with E-state index in [1.165, 1.54) is 0 Å². The van der Waals surface area contributed by atoms with Crippen LogP contribution in [0.1, 0.15) is 35.7 Å². The van der Waals surface area contributed by atoms with E-state index in [2.05, 4.69) is 15.0 Å². The number of carbonyl (C=O) groups is 1. The van der Waals surface area contributed by atoms with Gasteiger partial charge in [0.15, 0.2) is 0 Å². The molecular formula is C17H21N5O2. The quantitative estimate of drug-likeness (QED) is 0.882. The first kappa shape index (κ1) is 15.1. The van der Waals surface area contributed by atoms with E-state index >= 15 is 0 Å². The smallest absolute Gasteiger partial charge is 0.254 e. The lowest BCUT2D eigenvalue weighted by Crippen LogP contribution is -2.43. The molecule has 2 aromatic heterocycles. The maximum atomic E-state index is 12.9. The Bertz CT molecular complexity index is 853. The van der Waals surface area contributed by atoms with E-state index in [4.69, 9.17) is 0 Å². The van der Waals surface area contributed by atoms with Crippen molar-refractivity contribution in [1.29, 1.82) is 0 Å². The molecule has 0 saturated carbocycles.